The van der Waals surface area contributed by atoms with Crippen molar-refractivity contribution < 1.29 is 14.5 Å². The van der Waals surface area contributed by atoms with E-state index in [1.807, 2.05) is 13.0 Å². The van der Waals surface area contributed by atoms with Gasteiger partial charge in [0.05, 0.1) is 9.80 Å². The summed E-state index contributed by atoms with van der Waals surface area (Å²) in [5.74, 6) is -0.172. The van der Waals surface area contributed by atoms with Crippen LogP contribution in [0.1, 0.15) is 21.5 Å². The number of hydrogen-bond acceptors (Lipinski definition) is 5. The van der Waals surface area contributed by atoms with Gasteiger partial charge >= 0.3 is 5.69 Å². The molecule has 2 rings (SSSR count). The molecule has 21 heavy (non-hydrogen) atoms. The van der Waals surface area contributed by atoms with E-state index in [0.717, 1.165) is 11.3 Å². The van der Waals surface area contributed by atoms with Crippen LogP contribution in [-0.4, -0.2) is 17.3 Å². The van der Waals surface area contributed by atoms with E-state index in [9.17, 15) is 14.9 Å². The number of halogens is 1. The van der Waals surface area contributed by atoms with Gasteiger partial charge < -0.3 is 4.74 Å². The molecule has 0 N–H and O–H groups in total. The Morgan fingerprint density at radius 2 is 2.14 bits per heavy atom. The Morgan fingerprint density at radius 1 is 1.38 bits per heavy atom. The summed E-state index contributed by atoms with van der Waals surface area (Å²) in [7, 11) is 0. The van der Waals surface area contributed by atoms with Gasteiger partial charge in [-0.15, -0.1) is 11.3 Å². The number of thiophene rings is 1. The lowest BCUT2D eigenvalue weighted by Crippen LogP contribution is -2.11. The van der Waals surface area contributed by atoms with Crippen LogP contribution in [0.2, 0.25) is 5.02 Å². The molecule has 0 aliphatic rings. The molecule has 110 valence electrons. The summed E-state index contributed by atoms with van der Waals surface area (Å²) < 4.78 is 5.27. The molecule has 1 aromatic carbocycles. The van der Waals surface area contributed by atoms with Gasteiger partial charge in [0.2, 0.25) is 5.78 Å². The highest BCUT2D eigenvalue weighted by atomic mass is 35.5. The molecule has 7 heteroatoms. The summed E-state index contributed by atoms with van der Waals surface area (Å²) in [6.45, 7) is 1.76. The average Bonchev–Trinajstić information content (AvgIpc) is 2.94. The van der Waals surface area contributed by atoms with E-state index in [1.165, 1.54) is 29.5 Å². The normalized spacial score (nSPS) is 10.4. The minimum atomic E-state index is -0.591. The standard InChI is InChI=1S/C14H12ClNO4S/c1-2-10-4-6-14(21-10)12(17)8-20-13-5-3-9(15)7-11(13)16(18)19/h3-7H,2,8H2,1H3. The number of carbonyl (C=O) groups excluding carboxylic acids is 1. The zero-order valence-electron chi connectivity index (χ0n) is 11.2. The Balaban J connectivity index is 2.09. The number of aryl methyl sites for hydroxylation is 1. The lowest BCUT2D eigenvalue weighted by Gasteiger charge is -2.05. The van der Waals surface area contributed by atoms with Gasteiger partial charge in [0.15, 0.2) is 12.4 Å². The molecule has 0 aliphatic carbocycles. The van der Waals surface area contributed by atoms with Gasteiger partial charge in [0.25, 0.3) is 0 Å². The van der Waals surface area contributed by atoms with E-state index < -0.39 is 4.92 Å². The SMILES string of the molecule is CCc1ccc(C(=O)COc2ccc(Cl)cc2[N+](=O)[O-])s1. The molecule has 0 saturated heterocycles. The molecule has 1 heterocycles. The van der Waals surface area contributed by atoms with E-state index in [1.54, 1.807) is 6.07 Å². The molecule has 0 radical (unpaired) electrons. The van der Waals surface area contributed by atoms with E-state index in [4.69, 9.17) is 16.3 Å². The third-order valence-corrected chi connectivity index (χ3v) is 4.27. The predicted octanol–water partition coefficient (Wildman–Crippen LogP) is 4.13. The van der Waals surface area contributed by atoms with E-state index >= 15 is 0 Å². The Kier molecular flexibility index (Phi) is 4.93. The first-order valence-electron chi connectivity index (χ1n) is 6.20. The number of ketones is 1. The highest BCUT2D eigenvalue weighted by Gasteiger charge is 2.17. The van der Waals surface area contributed by atoms with Crippen LogP contribution in [0.15, 0.2) is 30.3 Å². The predicted molar refractivity (Wildman–Crippen MR) is 81.6 cm³/mol. The first-order chi connectivity index (χ1) is 10.0. The van der Waals surface area contributed by atoms with Crippen LogP contribution in [0, 0.1) is 10.1 Å². The van der Waals surface area contributed by atoms with Crippen LogP contribution in [0.3, 0.4) is 0 Å². The number of hydrogen-bond donors (Lipinski definition) is 0. The fourth-order valence-electron chi connectivity index (χ4n) is 1.69. The maximum absolute atomic E-state index is 12.0. The lowest BCUT2D eigenvalue weighted by molar-refractivity contribution is -0.385. The van der Waals surface area contributed by atoms with Crippen molar-refractivity contribution in [3.05, 3.63) is 55.2 Å². The molecule has 0 amide bonds. The first-order valence-corrected chi connectivity index (χ1v) is 7.39. The van der Waals surface area contributed by atoms with Gasteiger partial charge in [-0.1, -0.05) is 18.5 Å². The number of benzene rings is 1. The Bertz CT molecular complexity index is 683. The zero-order valence-corrected chi connectivity index (χ0v) is 12.7. The summed E-state index contributed by atoms with van der Waals surface area (Å²) in [4.78, 5) is 24.0. The van der Waals surface area contributed by atoms with Crippen LogP contribution in [0.25, 0.3) is 0 Å². The van der Waals surface area contributed by atoms with Crippen molar-refractivity contribution in [2.75, 3.05) is 6.61 Å². The average molecular weight is 326 g/mol. The second-order valence-corrected chi connectivity index (χ2v) is 5.81. The molecular formula is C14H12ClNO4S. The van der Waals surface area contributed by atoms with Crippen molar-refractivity contribution in [1.82, 2.24) is 0 Å². The summed E-state index contributed by atoms with van der Waals surface area (Å²) in [6.07, 6.45) is 0.863. The van der Waals surface area contributed by atoms with Gasteiger partial charge in [-0.05, 0) is 30.7 Å². The van der Waals surface area contributed by atoms with Crippen molar-refractivity contribution in [2.45, 2.75) is 13.3 Å². The van der Waals surface area contributed by atoms with Crippen molar-refractivity contribution in [2.24, 2.45) is 0 Å². The third-order valence-electron chi connectivity index (χ3n) is 2.76. The number of nitro benzene ring substituents is 1. The Labute approximate surface area is 130 Å². The largest absolute Gasteiger partial charge is 0.478 e. The molecule has 5 nitrogen and oxygen atoms in total. The summed E-state index contributed by atoms with van der Waals surface area (Å²) in [6, 6.07) is 7.70. The van der Waals surface area contributed by atoms with Gasteiger partial charge in [-0.3, -0.25) is 14.9 Å². The Morgan fingerprint density at radius 3 is 2.76 bits per heavy atom. The number of rotatable bonds is 6. The van der Waals surface area contributed by atoms with Crippen LogP contribution in [0.4, 0.5) is 5.69 Å². The van der Waals surface area contributed by atoms with E-state index in [0.29, 0.717) is 4.88 Å². The zero-order chi connectivity index (χ0) is 15.4. The summed E-state index contributed by atoms with van der Waals surface area (Å²) >= 11 is 7.12. The second kappa shape index (κ2) is 6.69. The van der Waals surface area contributed by atoms with Crippen molar-refractivity contribution in [3.8, 4) is 5.75 Å². The third kappa shape index (κ3) is 3.80. The fourth-order valence-corrected chi connectivity index (χ4v) is 2.73. The molecule has 0 saturated carbocycles. The quantitative estimate of drug-likeness (QED) is 0.455. The van der Waals surface area contributed by atoms with Gasteiger partial charge in [0, 0.05) is 16.0 Å². The van der Waals surface area contributed by atoms with Gasteiger partial charge in [-0.2, -0.15) is 0 Å². The number of nitro groups is 1. The van der Waals surface area contributed by atoms with Crippen LogP contribution in [-0.2, 0) is 6.42 Å². The molecule has 0 unspecified atom stereocenters. The van der Waals surface area contributed by atoms with Crippen molar-refractivity contribution in [1.29, 1.82) is 0 Å². The summed E-state index contributed by atoms with van der Waals surface area (Å²) in [5, 5.41) is 11.2. The molecule has 0 spiro atoms. The highest BCUT2D eigenvalue weighted by molar-refractivity contribution is 7.14. The molecule has 0 aliphatic heterocycles. The topological polar surface area (TPSA) is 69.4 Å². The van der Waals surface area contributed by atoms with E-state index in [2.05, 4.69) is 0 Å². The minimum Gasteiger partial charge on any atom is -0.478 e. The number of nitrogens with zero attached hydrogens (tertiary/aromatic N) is 1. The van der Waals surface area contributed by atoms with Gasteiger partial charge in [-0.25, -0.2) is 0 Å². The van der Waals surface area contributed by atoms with Crippen molar-refractivity contribution in [3.63, 3.8) is 0 Å². The molecule has 2 aromatic rings. The maximum Gasteiger partial charge on any atom is 0.312 e. The summed E-state index contributed by atoms with van der Waals surface area (Å²) in [5.41, 5.74) is -0.254. The monoisotopic (exact) mass is 325 g/mol. The van der Waals surface area contributed by atoms with E-state index in [-0.39, 0.29) is 28.8 Å². The second-order valence-electron chi connectivity index (χ2n) is 4.20. The Hall–Kier alpha value is -1.92. The number of Topliss-reactive ketones (excluding diaryl/α,β-unsaturated/α-hetero) is 1. The maximum atomic E-state index is 12.0. The molecular weight excluding hydrogens is 314 g/mol. The molecule has 0 atom stereocenters. The minimum absolute atomic E-state index is 0.0324. The number of ether oxygens (including phenoxy) is 1. The molecule has 0 fully saturated rings. The molecule has 1 aromatic heterocycles. The van der Waals surface area contributed by atoms with Crippen LogP contribution >= 0.6 is 22.9 Å². The van der Waals surface area contributed by atoms with Crippen molar-refractivity contribution >= 4 is 34.4 Å². The fraction of sp³-hybridized carbons (Fsp3) is 0.214. The van der Waals surface area contributed by atoms with Crippen LogP contribution < -0.4 is 4.74 Å². The lowest BCUT2D eigenvalue weighted by atomic mass is 10.3. The first kappa shape index (κ1) is 15.5. The van der Waals surface area contributed by atoms with Gasteiger partial charge in [0.1, 0.15) is 0 Å². The number of carbonyl (C=O) groups is 1. The van der Waals surface area contributed by atoms with Crippen LogP contribution in [0.5, 0.6) is 5.75 Å². The molecule has 0 bridgehead atoms. The smallest absolute Gasteiger partial charge is 0.312 e. The highest BCUT2D eigenvalue weighted by Crippen LogP contribution is 2.30.